The van der Waals surface area contributed by atoms with E-state index in [1.165, 1.54) is 0 Å². The number of ether oxygens (including phenoxy) is 1. The number of nitrogens with zero attached hydrogens (tertiary/aromatic N) is 1. The molecule has 0 bridgehead atoms. The average molecular weight is 644 g/mol. The third-order valence-electron chi connectivity index (χ3n) is 7.98. The van der Waals surface area contributed by atoms with Gasteiger partial charge >= 0.3 is 18.0 Å². The van der Waals surface area contributed by atoms with Gasteiger partial charge in [-0.2, -0.15) is 26.3 Å². The van der Waals surface area contributed by atoms with Gasteiger partial charge in [0, 0.05) is 17.7 Å². The molecular weight excluding hydrogens is 623 g/mol. The molecule has 2 saturated heterocycles. The molecule has 17 heteroatoms. The fraction of sp³-hybridized carbons (Fsp3) is 0.440. The third kappa shape index (κ3) is 4.27. The first-order valence-electron chi connectivity index (χ1n) is 12.3. The summed E-state index contributed by atoms with van der Waals surface area (Å²) in [7, 11) is -2.41. The number of carbonyl (C=O) groups is 2. The number of hydrogen-bond donors (Lipinski definition) is 1. The first-order valence-corrected chi connectivity index (χ1v) is 14.5. The van der Waals surface area contributed by atoms with E-state index < -0.39 is 96.4 Å². The van der Waals surface area contributed by atoms with Crippen molar-refractivity contribution in [3.63, 3.8) is 0 Å². The Labute approximate surface area is 235 Å². The van der Waals surface area contributed by atoms with Gasteiger partial charge in [0.05, 0.1) is 16.6 Å². The van der Waals surface area contributed by atoms with Crippen LogP contribution in [0.1, 0.15) is 24.0 Å². The summed E-state index contributed by atoms with van der Waals surface area (Å²) in [6.07, 6.45) is -13.2. The van der Waals surface area contributed by atoms with E-state index in [2.05, 4.69) is 14.6 Å². The number of carbonyl (C=O) groups excluding carboxylic acids is 2. The first kappa shape index (κ1) is 30.5. The molecule has 0 aromatic heterocycles. The van der Waals surface area contributed by atoms with E-state index in [0.717, 1.165) is 29.2 Å². The number of benzene rings is 2. The number of amides is 2. The molecule has 2 amide bonds. The largest absolute Gasteiger partial charge is 0.491 e. The van der Waals surface area contributed by atoms with E-state index in [1.54, 1.807) is 0 Å². The van der Waals surface area contributed by atoms with Gasteiger partial charge in [0.25, 0.3) is 0 Å². The van der Waals surface area contributed by atoms with Gasteiger partial charge in [-0.25, -0.2) is 17.2 Å². The highest BCUT2D eigenvalue weighted by Gasteiger charge is 2.74. The van der Waals surface area contributed by atoms with Crippen LogP contribution in [0.4, 0.5) is 35.1 Å². The summed E-state index contributed by atoms with van der Waals surface area (Å²) in [5.41, 5.74) is -8.67. The van der Waals surface area contributed by atoms with E-state index in [9.17, 15) is 53.1 Å². The molecule has 7 nitrogen and oxygen atoms in total. The molecule has 2 fully saturated rings. The minimum Gasteiger partial charge on any atom is -0.491 e. The Bertz CT molecular complexity index is 1540. The zero-order chi connectivity index (χ0) is 31.0. The van der Waals surface area contributed by atoms with Crippen LogP contribution in [0.2, 0.25) is 0 Å². The van der Waals surface area contributed by atoms with Crippen LogP contribution < -0.4 is 10.1 Å². The first-order chi connectivity index (χ1) is 19.4. The predicted octanol–water partition coefficient (Wildman–Crippen LogP) is 3.91. The standard InChI is InChI=1S/C25H21F8N2O5PS/c26-13-2-4-14(5-3-13)42(38,39)22-7-8-35(21(37)16-10-18(41)20(36)34-16)19(22)11-40-17-9-12(1-6-15(17)22)23(27,24(28,29)30)25(31,32)33/h1-6,9,16,18-19H,7-8,10-11,41H2,(H,34,36). The van der Waals surface area contributed by atoms with E-state index >= 15 is 0 Å². The summed E-state index contributed by atoms with van der Waals surface area (Å²) in [6, 6.07) is 2.13. The van der Waals surface area contributed by atoms with Crippen LogP contribution in [0.5, 0.6) is 5.75 Å². The van der Waals surface area contributed by atoms with Crippen LogP contribution in [0.25, 0.3) is 0 Å². The summed E-state index contributed by atoms with van der Waals surface area (Å²) in [6.45, 7) is -0.953. The van der Waals surface area contributed by atoms with E-state index in [4.69, 9.17) is 4.74 Å². The molecule has 2 aromatic rings. The van der Waals surface area contributed by atoms with Crippen molar-refractivity contribution >= 4 is 30.9 Å². The molecule has 0 saturated carbocycles. The second kappa shape index (κ2) is 9.76. The van der Waals surface area contributed by atoms with Gasteiger partial charge in [-0.3, -0.25) is 9.59 Å². The Hall–Kier alpha value is -3.00. The fourth-order valence-corrected chi connectivity index (χ4v) is 8.52. The number of alkyl halides is 7. The number of rotatable bonds is 4. The number of sulfone groups is 1. The minimum absolute atomic E-state index is 0.0670. The maximum absolute atomic E-state index is 14.9. The smallest absolute Gasteiger partial charge is 0.435 e. The summed E-state index contributed by atoms with van der Waals surface area (Å²) in [5.74, 6) is -2.65. The van der Waals surface area contributed by atoms with Crippen LogP contribution in [-0.4, -0.2) is 68.4 Å². The van der Waals surface area contributed by atoms with Gasteiger partial charge in [0.15, 0.2) is 9.84 Å². The molecule has 5 atom stereocenters. The molecule has 2 aromatic carbocycles. The molecule has 3 aliphatic rings. The number of nitrogens with one attached hydrogen (secondary N) is 1. The highest BCUT2D eigenvalue weighted by Crippen LogP contribution is 2.57. The SMILES string of the molecule is O=C1NC(C(=O)N2CCC3(S(=O)(=O)c4ccc(F)cc4)c4ccc(C(F)(C(F)(F)F)C(F)(F)F)cc4OCC23)CC1P. The van der Waals surface area contributed by atoms with Crippen molar-refractivity contribution in [3.8, 4) is 5.75 Å². The Morgan fingerprint density at radius 1 is 1.02 bits per heavy atom. The van der Waals surface area contributed by atoms with Gasteiger partial charge in [0.2, 0.25) is 11.8 Å². The van der Waals surface area contributed by atoms with Gasteiger partial charge in [-0.05, 0) is 43.2 Å². The molecule has 3 aliphatic heterocycles. The van der Waals surface area contributed by atoms with Crippen molar-refractivity contribution < 1.29 is 57.9 Å². The predicted molar refractivity (Wildman–Crippen MR) is 132 cm³/mol. The van der Waals surface area contributed by atoms with Crippen molar-refractivity contribution in [1.82, 2.24) is 10.2 Å². The second-order valence-electron chi connectivity index (χ2n) is 10.2. The van der Waals surface area contributed by atoms with Crippen molar-refractivity contribution in [3.05, 3.63) is 59.4 Å². The maximum atomic E-state index is 14.9. The molecule has 0 radical (unpaired) electrons. The lowest BCUT2D eigenvalue weighted by Crippen LogP contribution is -2.57. The molecule has 5 unspecified atom stereocenters. The summed E-state index contributed by atoms with van der Waals surface area (Å²) in [4.78, 5) is 26.2. The van der Waals surface area contributed by atoms with Crippen molar-refractivity contribution in [2.24, 2.45) is 0 Å². The average Bonchev–Trinajstić information content (AvgIpc) is 3.47. The Morgan fingerprint density at radius 3 is 2.19 bits per heavy atom. The lowest BCUT2D eigenvalue weighted by Gasteiger charge is -2.43. The number of likely N-dealkylation sites (tertiary alicyclic amines) is 1. The van der Waals surface area contributed by atoms with E-state index in [-0.39, 0.29) is 31.5 Å². The van der Waals surface area contributed by atoms with Crippen molar-refractivity contribution in [2.45, 2.75) is 58.2 Å². The van der Waals surface area contributed by atoms with Crippen molar-refractivity contribution in [1.29, 1.82) is 0 Å². The molecule has 42 heavy (non-hydrogen) atoms. The summed E-state index contributed by atoms with van der Waals surface area (Å²) in [5, 5.41) is 2.50. The molecule has 5 rings (SSSR count). The summed E-state index contributed by atoms with van der Waals surface area (Å²) < 4.78 is 141. The van der Waals surface area contributed by atoms with Gasteiger partial charge in [-0.15, -0.1) is 9.24 Å². The van der Waals surface area contributed by atoms with Crippen LogP contribution >= 0.6 is 9.24 Å². The number of halogens is 8. The molecule has 3 heterocycles. The van der Waals surface area contributed by atoms with Crippen LogP contribution in [0, 0.1) is 5.82 Å². The maximum Gasteiger partial charge on any atom is 0.435 e. The monoisotopic (exact) mass is 644 g/mol. The third-order valence-corrected chi connectivity index (χ3v) is 11.1. The normalized spacial score (nSPS) is 26.4. The van der Waals surface area contributed by atoms with Gasteiger partial charge in [0.1, 0.15) is 29.0 Å². The van der Waals surface area contributed by atoms with Gasteiger partial charge in [-0.1, -0.05) is 12.1 Å². The number of hydrogen-bond acceptors (Lipinski definition) is 5. The lowest BCUT2D eigenvalue weighted by atomic mass is 9.85. The minimum atomic E-state index is -6.42. The Kier molecular flexibility index (Phi) is 7.08. The Balaban J connectivity index is 1.67. The van der Waals surface area contributed by atoms with Crippen LogP contribution in [-0.2, 0) is 29.8 Å². The molecular formula is C25H21F8N2O5PS. The van der Waals surface area contributed by atoms with Crippen LogP contribution in [0.3, 0.4) is 0 Å². The highest BCUT2D eigenvalue weighted by atomic mass is 32.2. The van der Waals surface area contributed by atoms with E-state index in [0.29, 0.717) is 6.07 Å². The number of fused-ring (bicyclic) bond motifs is 3. The quantitative estimate of drug-likeness (QED) is 0.310. The van der Waals surface area contributed by atoms with Gasteiger partial charge < -0.3 is 15.0 Å². The lowest BCUT2D eigenvalue weighted by molar-refractivity contribution is -0.348. The van der Waals surface area contributed by atoms with Crippen molar-refractivity contribution in [2.75, 3.05) is 13.2 Å². The van der Waals surface area contributed by atoms with Crippen LogP contribution in [0.15, 0.2) is 47.4 Å². The van der Waals surface area contributed by atoms with E-state index in [1.807, 2.05) is 0 Å². The molecule has 0 spiro atoms. The highest BCUT2D eigenvalue weighted by molar-refractivity contribution is 7.92. The molecule has 1 N–H and O–H groups in total. The Morgan fingerprint density at radius 2 is 1.64 bits per heavy atom. The fourth-order valence-electron chi connectivity index (χ4n) is 5.87. The summed E-state index contributed by atoms with van der Waals surface area (Å²) >= 11 is 0. The second-order valence-corrected chi connectivity index (χ2v) is 13.2. The zero-order valence-corrected chi connectivity index (χ0v) is 23.1. The zero-order valence-electron chi connectivity index (χ0n) is 21.1. The molecule has 228 valence electrons. The molecule has 0 aliphatic carbocycles. The topological polar surface area (TPSA) is 92.8 Å².